The van der Waals surface area contributed by atoms with Crippen molar-refractivity contribution in [2.45, 2.75) is 44.1 Å². The highest BCUT2D eigenvalue weighted by molar-refractivity contribution is 9.10. The largest absolute Gasteiger partial charge is 0.424 e. The normalized spacial score (nSPS) is 13.1. The van der Waals surface area contributed by atoms with E-state index >= 15 is 0 Å². The maximum Gasteiger partial charge on any atom is 0.258 e. The number of aldehydes is 1. The fraction of sp³-hybridized carbons (Fsp3) is 0.269. The van der Waals surface area contributed by atoms with Gasteiger partial charge in [-0.15, -0.1) is 0 Å². The minimum atomic E-state index is -3.00. The van der Waals surface area contributed by atoms with Crippen LogP contribution in [-0.4, -0.2) is 19.4 Å². The third-order valence-corrected chi connectivity index (χ3v) is 11.2. The van der Waals surface area contributed by atoms with E-state index < -0.39 is 8.32 Å². The zero-order valence-electron chi connectivity index (χ0n) is 17.6. The van der Waals surface area contributed by atoms with Gasteiger partial charge < -0.3 is 9.59 Å². The molecule has 0 aromatic heterocycles. The molecule has 0 aliphatic rings. The Morgan fingerprint density at radius 2 is 1.50 bits per heavy atom. The van der Waals surface area contributed by atoms with Crippen LogP contribution in [0.15, 0.2) is 89.4 Å². The lowest BCUT2D eigenvalue weighted by atomic mass is 9.93. The molecule has 3 aromatic carbocycles. The average molecular weight is 482 g/mol. The van der Waals surface area contributed by atoms with Crippen LogP contribution < -0.4 is 10.4 Å². The average Bonchev–Trinajstić information content (AvgIpc) is 2.77. The molecule has 0 spiro atoms. The van der Waals surface area contributed by atoms with Crippen LogP contribution in [-0.2, 0) is 4.79 Å². The second-order valence-electron chi connectivity index (χ2n) is 8.52. The Hall–Kier alpha value is -2.01. The zero-order valence-corrected chi connectivity index (χ0v) is 20.2. The quantitative estimate of drug-likeness (QED) is 0.327. The van der Waals surface area contributed by atoms with Crippen molar-refractivity contribution in [3.8, 4) is 0 Å². The molecule has 1 unspecified atom stereocenters. The van der Waals surface area contributed by atoms with E-state index in [1.54, 1.807) is 0 Å². The minimum Gasteiger partial charge on any atom is -0.424 e. The van der Waals surface area contributed by atoms with Gasteiger partial charge in [0, 0.05) is 10.4 Å². The first-order valence-corrected chi connectivity index (χ1v) is 13.2. The van der Waals surface area contributed by atoms with Gasteiger partial charge in [-0.1, -0.05) is 109 Å². The molecular formula is C26H29BrO2Si. The monoisotopic (exact) mass is 480 g/mol. The lowest BCUT2D eigenvalue weighted by Gasteiger charge is -2.41. The van der Waals surface area contributed by atoms with Crippen LogP contribution in [0.5, 0.6) is 0 Å². The van der Waals surface area contributed by atoms with Crippen molar-refractivity contribution >= 4 is 40.9 Å². The van der Waals surface area contributed by atoms with Crippen molar-refractivity contribution in [3.05, 3.63) is 95.0 Å². The minimum absolute atomic E-state index is 0.124. The summed E-state index contributed by atoms with van der Waals surface area (Å²) >= 11 is 3.49. The molecule has 0 fully saturated rings. The van der Waals surface area contributed by atoms with Gasteiger partial charge in [-0.05, 0) is 45.9 Å². The summed E-state index contributed by atoms with van der Waals surface area (Å²) in [6.45, 7) is 4.35. The first-order valence-electron chi connectivity index (χ1n) is 10.4. The van der Waals surface area contributed by atoms with Crippen molar-refractivity contribution in [1.29, 1.82) is 0 Å². The highest BCUT2D eigenvalue weighted by atomic mass is 79.9. The van der Waals surface area contributed by atoms with Crippen molar-refractivity contribution in [2.75, 3.05) is 0 Å². The molecule has 0 aliphatic carbocycles. The molecule has 0 radical (unpaired) electrons. The van der Waals surface area contributed by atoms with Crippen LogP contribution in [0.1, 0.15) is 44.6 Å². The summed E-state index contributed by atoms with van der Waals surface area (Å²) in [6.07, 6.45) is 3.54. The topological polar surface area (TPSA) is 37.3 Å². The number of hydrogen-bond donors (Lipinski definition) is 1. The summed E-state index contributed by atoms with van der Waals surface area (Å²) in [5.74, 6) is -0.124. The number of benzene rings is 3. The summed E-state index contributed by atoms with van der Waals surface area (Å²) in [7, 11) is -3.00. The van der Waals surface area contributed by atoms with E-state index in [1.165, 1.54) is 0 Å². The van der Waals surface area contributed by atoms with Gasteiger partial charge in [0.15, 0.2) is 0 Å². The summed E-state index contributed by atoms with van der Waals surface area (Å²) in [6, 6.07) is 28.2. The number of rotatable bonds is 9. The van der Waals surface area contributed by atoms with Gasteiger partial charge in [-0.3, -0.25) is 0 Å². The molecule has 156 valence electrons. The second-order valence-corrected chi connectivity index (χ2v) is 13.4. The summed E-state index contributed by atoms with van der Waals surface area (Å²) in [4.78, 5) is 24.0. The van der Waals surface area contributed by atoms with E-state index in [1.807, 2.05) is 60.7 Å². The molecule has 1 N–H and O–H groups in total. The molecule has 0 bridgehead atoms. The second kappa shape index (κ2) is 9.86. The van der Waals surface area contributed by atoms with Gasteiger partial charge >= 0.3 is 0 Å². The standard InChI is InChI=1S/C26H29BrO2Si/c1-26(2,18-10-12-22(20-28)21-11-9-13-23(27)19-21)30(29,24-14-5-3-6-15-24)25-16-7-4-8-17-25/h3-9,11,13-17,19-20,22,29H,10,12,18H2,1-2H3. The predicted molar refractivity (Wildman–Crippen MR) is 131 cm³/mol. The molecule has 1 atom stereocenters. The van der Waals surface area contributed by atoms with Crippen molar-refractivity contribution < 1.29 is 9.59 Å². The highest BCUT2D eigenvalue weighted by Crippen LogP contribution is 2.41. The summed E-state index contributed by atoms with van der Waals surface area (Å²) in [5, 5.41) is 1.76. The molecule has 0 heterocycles. The van der Waals surface area contributed by atoms with Gasteiger partial charge in [-0.25, -0.2) is 0 Å². The van der Waals surface area contributed by atoms with Crippen molar-refractivity contribution in [2.24, 2.45) is 0 Å². The van der Waals surface area contributed by atoms with Gasteiger partial charge in [0.2, 0.25) is 0 Å². The molecule has 3 rings (SSSR count). The van der Waals surface area contributed by atoms with Crippen LogP contribution >= 0.6 is 15.9 Å². The predicted octanol–water partition coefficient (Wildman–Crippen LogP) is 5.43. The van der Waals surface area contributed by atoms with E-state index in [4.69, 9.17) is 0 Å². The molecule has 0 amide bonds. The fourth-order valence-electron chi connectivity index (χ4n) is 4.30. The van der Waals surface area contributed by atoms with Crippen LogP contribution in [0, 0.1) is 0 Å². The van der Waals surface area contributed by atoms with E-state index in [2.05, 4.69) is 54.0 Å². The Bertz CT molecular complexity index is 918. The van der Waals surface area contributed by atoms with Crippen LogP contribution in [0.3, 0.4) is 0 Å². The van der Waals surface area contributed by atoms with Crippen LogP contribution in [0.2, 0.25) is 5.04 Å². The van der Waals surface area contributed by atoms with Gasteiger partial charge in [0.1, 0.15) is 6.29 Å². The maximum atomic E-state index is 12.2. The molecule has 30 heavy (non-hydrogen) atoms. The van der Waals surface area contributed by atoms with E-state index in [9.17, 15) is 9.59 Å². The van der Waals surface area contributed by atoms with Gasteiger partial charge in [0.05, 0.1) is 0 Å². The third-order valence-electron chi connectivity index (χ3n) is 6.12. The Balaban J connectivity index is 1.83. The van der Waals surface area contributed by atoms with Crippen molar-refractivity contribution in [1.82, 2.24) is 0 Å². The third kappa shape index (κ3) is 4.83. The first kappa shape index (κ1) is 22.7. The molecule has 0 saturated carbocycles. The number of hydrogen-bond acceptors (Lipinski definition) is 2. The summed E-state index contributed by atoms with van der Waals surface area (Å²) in [5.41, 5.74) is 1.04. The maximum absolute atomic E-state index is 12.2. The van der Waals surface area contributed by atoms with Gasteiger partial charge in [0.25, 0.3) is 8.32 Å². The lowest BCUT2D eigenvalue weighted by molar-refractivity contribution is -0.109. The number of halogens is 1. The Labute approximate surface area is 189 Å². The molecular weight excluding hydrogens is 452 g/mol. The number of carbonyl (C=O) groups excluding carboxylic acids is 1. The van der Waals surface area contributed by atoms with E-state index in [0.717, 1.165) is 46.0 Å². The Kier molecular flexibility index (Phi) is 7.45. The van der Waals surface area contributed by atoms with E-state index in [0.29, 0.717) is 0 Å². The summed E-state index contributed by atoms with van der Waals surface area (Å²) < 4.78 is 0.988. The molecule has 3 aromatic rings. The Morgan fingerprint density at radius 1 is 0.933 bits per heavy atom. The first-order chi connectivity index (χ1) is 14.4. The highest BCUT2D eigenvalue weighted by Gasteiger charge is 2.49. The number of carbonyl (C=O) groups is 1. The van der Waals surface area contributed by atoms with Crippen molar-refractivity contribution in [3.63, 3.8) is 0 Å². The van der Waals surface area contributed by atoms with Gasteiger partial charge in [-0.2, -0.15) is 0 Å². The smallest absolute Gasteiger partial charge is 0.258 e. The molecule has 0 aliphatic heterocycles. The zero-order chi connectivity index (χ0) is 21.6. The van der Waals surface area contributed by atoms with E-state index in [-0.39, 0.29) is 11.0 Å². The molecule has 4 heteroatoms. The van der Waals surface area contributed by atoms with Crippen LogP contribution in [0.25, 0.3) is 0 Å². The Morgan fingerprint density at radius 3 is 2.00 bits per heavy atom. The SMILES string of the molecule is CC(C)(CCCC(C=O)c1cccc(Br)c1)[Si](O)(c1ccccc1)c1ccccc1. The molecule has 0 saturated heterocycles. The lowest BCUT2D eigenvalue weighted by Crippen LogP contribution is -2.65. The molecule has 2 nitrogen and oxygen atoms in total. The fourth-order valence-corrected chi connectivity index (χ4v) is 8.50. The van der Waals surface area contributed by atoms with Crippen LogP contribution in [0.4, 0.5) is 0 Å².